The fourth-order valence-corrected chi connectivity index (χ4v) is 3.72. The van der Waals surface area contributed by atoms with Crippen molar-refractivity contribution in [3.63, 3.8) is 0 Å². The summed E-state index contributed by atoms with van der Waals surface area (Å²) in [6.07, 6.45) is -2.40. The number of H-pyrrole nitrogens is 1. The smallest absolute Gasteiger partial charge is 0.416 e. The molecule has 0 spiro atoms. The van der Waals surface area contributed by atoms with Crippen LogP contribution in [-0.2, 0) is 6.18 Å². The SMILES string of the molecule is O=C1N(c2cccc(C(F)(F)F)c2)C[C@H](O)N1c1ccc(Oc2cnc3[nH]ccc3c2)cc1. The van der Waals surface area contributed by atoms with E-state index in [2.05, 4.69) is 9.97 Å². The highest BCUT2D eigenvalue weighted by molar-refractivity contribution is 6.06. The number of alkyl halides is 3. The predicted octanol–water partition coefficient (Wildman–Crippen LogP) is 5.14. The van der Waals surface area contributed by atoms with Crippen molar-refractivity contribution in [2.24, 2.45) is 0 Å². The Bertz CT molecular complexity index is 1320. The van der Waals surface area contributed by atoms with E-state index in [4.69, 9.17) is 4.74 Å². The minimum Gasteiger partial charge on any atom is -0.456 e. The van der Waals surface area contributed by atoms with E-state index in [0.29, 0.717) is 17.2 Å². The number of hydrogen-bond acceptors (Lipinski definition) is 4. The van der Waals surface area contributed by atoms with Crippen molar-refractivity contribution in [3.8, 4) is 11.5 Å². The van der Waals surface area contributed by atoms with Crippen LogP contribution in [0.25, 0.3) is 11.0 Å². The van der Waals surface area contributed by atoms with E-state index in [9.17, 15) is 23.1 Å². The van der Waals surface area contributed by atoms with Crippen LogP contribution in [0.1, 0.15) is 5.56 Å². The van der Waals surface area contributed by atoms with Crippen LogP contribution in [0.3, 0.4) is 0 Å². The zero-order valence-corrected chi connectivity index (χ0v) is 17.0. The number of benzene rings is 2. The summed E-state index contributed by atoms with van der Waals surface area (Å²) in [7, 11) is 0. The van der Waals surface area contributed by atoms with E-state index in [1.807, 2.05) is 12.1 Å². The van der Waals surface area contributed by atoms with Gasteiger partial charge in [-0.05, 0) is 54.6 Å². The van der Waals surface area contributed by atoms with Crippen LogP contribution in [-0.4, -0.2) is 33.9 Å². The van der Waals surface area contributed by atoms with Gasteiger partial charge >= 0.3 is 12.2 Å². The number of hydrogen-bond donors (Lipinski definition) is 2. The summed E-state index contributed by atoms with van der Waals surface area (Å²) in [6, 6.07) is 14.0. The quantitative estimate of drug-likeness (QED) is 0.448. The molecule has 33 heavy (non-hydrogen) atoms. The first-order chi connectivity index (χ1) is 15.8. The normalized spacial score (nSPS) is 16.6. The Hall–Kier alpha value is -4.05. The maximum atomic E-state index is 13.0. The molecule has 168 valence electrons. The van der Waals surface area contributed by atoms with E-state index >= 15 is 0 Å². The standard InChI is InChI=1S/C23H17F3N4O3/c24-23(25,26)15-2-1-3-17(11-15)29-13-20(31)30(22(29)32)16-4-6-18(7-5-16)33-19-10-14-8-9-27-21(14)28-12-19/h1-12,20,31H,13H2,(H,27,28)/t20-/m0/s1. The molecule has 2 amide bonds. The summed E-state index contributed by atoms with van der Waals surface area (Å²) in [5.41, 5.74) is 0.316. The molecule has 0 saturated carbocycles. The zero-order valence-electron chi connectivity index (χ0n) is 17.0. The molecule has 1 aliphatic rings. The van der Waals surface area contributed by atoms with Crippen molar-refractivity contribution < 1.29 is 27.8 Å². The average Bonchev–Trinajstić information content (AvgIpc) is 3.37. The summed E-state index contributed by atoms with van der Waals surface area (Å²) in [5.74, 6) is 1.02. The second-order valence-electron chi connectivity index (χ2n) is 7.47. The van der Waals surface area contributed by atoms with Crippen LogP contribution in [0.5, 0.6) is 11.5 Å². The monoisotopic (exact) mass is 454 g/mol. The molecule has 7 nitrogen and oxygen atoms in total. The number of nitrogens with one attached hydrogen (secondary N) is 1. The maximum Gasteiger partial charge on any atom is 0.416 e. The first-order valence-corrected chi connectivity index (χ1v) is 9.97. The first kappa shape index (κ1) is 20.8. The number of amides is 2. The molecule has 2 N–H and O–H groups in total. The number of aliphatic hydroxyl groups excluding tert-OH is 1. The second kappa shape index (κ2) is 7.82. The fourth-order valence-electron chi connectivity index (χ4n) is 3.72. The molecule has 2 aromatic carbocycles. The molecule has 4 aromatic rings. The second-order valence-corrected chi connectivity index (χ2v) is 7.47. The number of carbonyl (C=O) groups excluding carboxylic acids is 1. The van der Waals surface area contributed by atoms with Gasteiger partial charge in [0.15, 0.2) is 6.23 Å². The molecule has 2 aromatic heterocycles. The van der Waals surface area contributed by atoms with Crippen LogP contribution in [0.2, 0.25) is 0 Å². The number of anilines is 2. The molecule has 0 unspecified atom stereocenters. The number of aromatic nitrogens is 2. The Morgan fingerprint density at radius 2 is 1.82 bits per heavy atom. The number of nitrogens with zero attached hydrogens (tertiary/aromatic N) is 3. The Labute approximate surface area is 185 Å². The number of halogens is 3. The van der Waals surface area contributed by atoms with Gasteiger partial charge in [0.05, 0.1) is 18.3 Å². The summed E-state index contributed by atoms with van der Waals surface area (Å²) in [5, 5.41) is 11.4. The van der Waals surface area contributed by atoms with E-state index in [1.54, 1.807) is 36.7 Å². The van der Waals surface area contributed by atoms with Crippen LogP contribution >= 0.6 is 0 Å². The van der Waals surface area contributed by atoms with E-state index in [0.717, 1.165) is 33.0 Å². The molecular weight excluding hydrogens is 437 g/mol. The molecule has 1 atom stereocenters. The minimum atomic E-state index is -4.53. The molecule has 1 fully saturated rings. The lowest BCUT2D eigenvalue weighted by atomic mass is 10.2. The molecule has 0 radical (unpaired) electrons. The number of β-amino-alcohol motifs (C(OH)–C–C–N with tert-alkyl or cyclic N) is 1. The molecule has 0 bridgehead atoms. The van der Waals surface area contributed by atoms with E-state index < -0.39 is 24.0 Å². The number of aromatic amines is 1. The third kappa shape index (κ3) is 3.96. The van der Waals surface area contributed by atoms with E-state index in [-0.39, 0.29) is 12.2 Å². The third-order valence-electron chi connectivity index (χ3n) is 5.29. The van der Waals surface area contributed by atoms with Crippen molar-refractivity contribution in [2.45, 2.75) is 12.4 Å². The zero-order chi connectivity index (χ0) is 23.2. The largest absolute Gasteiger partial charge is 0.456 e. The van der Waals surface area contributed by atoms with Crippen LogP contribution in [0, 0.1) is 0 Å². The van der Waals surface area contributed by atoms with Gasteiger partial charge in [0.2, 0.25) is 0 Å². The molecule has 5 rings (SSSR count). The minimum absolute atomic E-state index is 0.0592. The Morgan fingerprint density at radius 1 is 1.03 bits per heavy atom. The highest BCUT2D eigenvalue weighted by Gasteiger charge is 2.39. The topological polar surface area (TPSA) is 81.7 Å². The number of pyridine rings is 1. The molecule has 1 aliphatic heterocycles. The highest BCUT2D eigenvalue weighted by Crippen LogP contribution is 2.34. The first-order valence-electron chi connectivity index (χ1n) is 9.97. The molecule has 3 heterocycles. The van der Waals surface area contributed by atoms with E-state index in [1.165, 1.54) is 12.1 Å². The molecule has 1 saturated heterocycles. The number of carbonyl (C=O) groups is 1. The Balaban J connectivity index is 1.34. The lowest BCUT2D eigenvalue weighted by Gasteiger charge is -2.20. The van der Waals surface area contributed by atoms with Gasteiger partial charge in [-0.15, -0.1) is 0 Å². The van der Waals surface area contributed by atoms with Gasteiger partial charge in [-0.2, -0.15) is 13.2 Å². The van der Waals surface area contributed by atoms with Crippen LogP contribution in [0.4, 0.5) is 29.3 Å². The maximum absolute atomic E-state index is 13.0. The molecular formula is C23H17F3N4O3. The van der Waals surface area contributed by atoms with Gasteiger partial charge in [-0.1, -0.05) is 6.07 Å². The number of rotatable bonds is 4. The van der Waals surface area contributed by atoms with Gasteiger partial charge in [0.1, 0.15) is 17.1 Å². The van der Waals surface area contributed by atoms with Crippen LogP contribution in [0.15, 0.2) is 73.1 Å². The lowest BCUT2D eigenvalue weighted by molar-refractivity contribution is -0.137. The van der Waals surface area contributed by atoms with Crippen molar-refractivity contribution in [2.75, 3.05) is 16.3 Å². The number of fused-ring (bicyclic) bond motifs is 1. The van der Waals surface area contributed by atoms with Crippen molar-refractivity contribution in [3.05, 3.63) is 78.6 Å². The lowest BCUT2D eigenvalue weighted by Crippen LogP contribution is -2.34. The number of urea groups is 1. The summed E-state index contributed by atoms with van der Waals surface area (Å²) in [6.45, 7) is -0.166. The van der Waals surface area contributed by atoms with Gasteiger partial charge in [0.25, 0.3) is 0 Å². The summed E-state index contributed by atoms with van der Waals surface area (Å²) < 4.78 is 44.9. The Kier molecular flexibility index (Phi) is 4.94. The van der Waals surface area contributed by atoms with Crippen molar-refractivity contribution >= 4 is 28.4 Å². The summed E-state index contributed by atoms with van der Waals surface area (Å²) >= 11 is 0. The molecule has 10 heteroatoms. The number of ether oxygens (including phenoxy) is 1. The van der Waals surface area contributed by atoms with Gasteiger partial charge in [-0.3, -0.25) is 9.80 Å². The summed E-state index contributed by atoms with van der Waals surface area (Å²) in [4.78, 5) is 22.4. The van der Waals surface area contributed by atoms with Crippen LogP contribution < -0.4 is 14.5 Å². The van der Waals surface area contributed by atoms with Gasteiger partial charge < -0.3 is 14.8 Å². The van der Waals surface area contributed by atoms with Crippen molar-refractivity contribution in [1.29, 1.82) is 0 Å². The highest BCUT2D eigenvalue weighted by atomic mass is 19.4. The third-order valence-corrected chi connectivity index (χ3v) is 5.29. The number of aliphatic hydroxyl groups is 1. The van der Waals surface area contributed by atoms with Gasteiger partial charge in [-0.25, -0.2) is 9.78 Å². The fraction of sp³-hybridized carbons (Fsp3) is 0.130. The Morgan fingerprint density at radius 3 is 2.58 bits per heavy atom. The average molecular weight is 454 g/mol. The van der Waals surface area contributed by atoms with Crippen molar-refractivity contribution in [1.82, 2.24) is 9.97 Å². The van der Waals surface area contributed by atoms with Gasteiger partial charge in [0, 0.05) is 23.0 Å². The predicted molar refractivity (Wildman–Crippen MR) is 115 cm³/mol. The molecule has 0 aliphatic carbocycles.